The van der Waals surface area contributed by atoms with Gasteiger partial charge in [0.1, 0.15) is 5.39 Å². The maximum atomic E-state index is 12.0. The Labute approximate surface area is 129 Å². The SMILES string of the molecule is Cc1ccc(-n2ncc3c(=O)[nH]c(SCC(=O)O)nc32)cc1. The lowest BCUT2D eigenvalue weighted by Crippen LogP contribution is -2.10. The molecule has 0 unspecified atom stereocenters. The van der Waals surface area contributed by atoms with Crippen molar-refractivity contribution in [3.8, 4) is 5.69 Å². The van der Waals surface area contributed by atoms with Crippen LogP contribution in [-0.2, 0) is 4.79 Å². The zero-order valence-corrected chi connectivity index (χ0v) is 12.4. The number of hydrogen-bond acceptors (Lipinski definition) is 5. The van der Waals surface area contributed by atoms with Crippen LogP contribution in [0, 0.1) is 6.92 Å². The van der Waals surface area contributed by atoms with Gasteiger partial charge < -0.3 is 10.1 Å². The number of thioether (sulfide) groups is 1. The summed E-state index contributed by atoms with van der Waals surface area (Å²) >= 11 is 0.960. The standard InChI is InChI=1S/C14H12N4O3S/c1-8-2-4-9(5-3-8)18-12-10(6-15-18)13(21)17-14(16-12)22-7-11(19)20/h2-6H,7H2,1H3,(H,19,20)(H,16,17,21). The zero-order chi connectivity index (χ0) is 15.7. The highest BCUT2D eigenvalue weighted by Gasteiger charge is 2.12. The smallest absolute Gasteiger partial charge is 0.313 e. The summed E-state index contributed by atoms with van der Waals surface area (Å²) in [5.41, 5.74) is 1.97. The van der Waals surface area contributed by atoms with Gasteiger partial charge in [0.15, 0.2) is 10.8 Å². The Balaban J connectivity index is 2.10. The number of hydrogen-bond donors (Lipinski definition) is 2. The summed E-state index contributed by atoms with van der Waals surface area (Å²) in [7, 11) is 0. The Kier molecular flexibility index (Phi) is 3.68. The van der Waals surface area contributed by atoms with Crippen LogP contribution in [0.2, 0.25) is 0 Å². The fourth-order valence-corrected chi connectivity index (χ4v) is 2.55. The summed E-state index contributed by atoms with van der Waals surface area (Å²) in [6, 6.07) is 7.65. The van der Waals surface area contributed by atoms with Crippen molar-refractivity contribution in [3.63, 3.8) is 0 Å². The van der Waals surface area contributed by atoms with Crippen molar-refractivity contribution in [2.24, 2.45) is 0 Å². The molecule has 0 radical (unpaired) electrons. The predicted molar refractivity (Wildman–Crippen MR) is 82.6 cm³/mol. The first-order valence-corrected chi connectivity index (χ1v) is 7.43. The number of aromatic amines is 1. The molecule has 0 aliphatic heterocycles. The molecule has 7 nitrogen and oxygen atoms in total. The number of nitrogens with one attached hydrogen (secondary N) is 1. The van der Waals surface area contributed by atoms with Crippen molar-refractivity contribution < 1.29 is 9.90 Å². The van der Waals surface area contributed by atoms with Crippen LogP contribution in [0.4, 0.5) is 0 Å². The van der Waals surface area contributed by atoms with E-state index < -0.39 is 5.97 Å². The lowest BCUT2D eigenvalue weighted by Gasteiger charge is -2.04. The van der Waals surface area contributed by atoms with E-state index in [1.807, 2.05) is 31.2 Å². The number of carbonyl (C=O) groups is 1. The van der Waals surface area contributed by atoms with Gasteiger partial charge in [0, 0.05) is 0 Å². The van der Waals surface area contributed by atoms with Gasteiger partial charge in [0.05, 0.1) is 17.6 Å². The maximum absolute atomic E-state index is 12.0. The van der Waals surface area contributed by atoms with Crippen LogP contribution in [0.15, 0.2) is 40.4 Å². The van der Waals surface area contributed by atoms with Crippen LogP contribution in [0.25, 0.3) is 16.7 Å². The van der Waals surface area contributed by atoms with Gasteiger partial charge in [-0.1, -0.05) is 29.5 Å². The molecule has 0 bridgehead atoms. The van der Waals surface area contributed by atoms with Crippen LogP contribution in [0.3, 0.4) is 0 Å². The number of nitrogens with zero attached hydrogens (tertiary/aromatic N) is 3. The highest BCUT2D eigenvalue weighted by Crippen LogP contribution is 2.17. The van der Waals surface area contributed by atoms with Gasteiger partial charge in [-0.2, -0.15) is 5.10 Å². The second-order valence-electron chi connectivity index (χ2n) is 4.68. The molecule has 0 saturated heterocycles. The van der Waals surface area contributed by atoms with Crippen molar-refractivity contribution in [2.75, 3.05) is 5.75 Å². The molecule has 3 rings (SSSR count). The topological polar surface area (TPSA) is 101 Å². The molecule has 22 heavy (non-hydrogen) atoms. The van der Waals surface area contributed by atoms with Crippen LogP contribution in [0.5, 0.6) is 0 Å². The number of H-pyrrole nitrogens is 1. The van der Waals surface area contributed by atoms with E-state index in [4.69, 9.17) is 5.11 Å². The summed E-state index contributed by atoms with van der Waals surface area (Å²) in [4.78, 5) is 29.5. The van der Waals surface area contributed by atoms with E-state index in [0.29, 0.717) is 11.0 Å². The number of aryl methyl sites for hydroxylation is 1. The fraction of sp³-hybridized carbons (Fsp3) is 0.143. The Morgan fingerprint density at radius 1 is 1.36 bits per heavy atom. The van der Waals surface area contributed by atoms with E-state index in [9.17, 15) is 9.59 Å². The lowest BCUT2D eigenvalue weighted by molar-refractivity contribution is -0.133. The molecule has 2 aromatic heterocycles. The number of benzene rings is 1. The van der Waals surface area contributed by atoms with Gasteiger partial charge in [-0.05, 0) is 19.1 Å². The van der Waals surface area contributed by atoms with E-state index in [1.165, 1.54) is 6.20 Å². The molecular formula is C14H12N4O3S. The monoisotopic (exact) mass is 316 g/mol. The molecule has 3 aromatic rings. The Hall–Kier alpha value is -2.61. The summed E-state index contributed by atoms with van der Waals surface area (Å²) in [6.45, 7) is 1.98. The van der Waals surface area contributed by atoms with Crippen molar-refractivity contribution in [1.29, 1.82) is 0 Å². The highest BCUT2D eigenvalue weighted by atomic mass is 32.2. The van der Waals surface area contributed by atoms with E-state index in [0.717, 1.165) is 23.0 Å². The summed E-state index contributed by atoms with van der Waals surface area (Å²) in [5.74, 6) is -1.15. The van der Waals surface area contributed by atoms with Gasteiger partial charge in [-0.15, -0.1) is 0 Å². The van der Waals surface area contributed by atoms with Gasteiger partial charge in [0.25, 0.3) is 5.56 Å². The molecule has 2 N–H and O–H groups in total. The largest absolute Gasteiger partial charge is 0.481 e. The second kappa shape index (κ2) is 5.64. The van der Waals surface area contributed by atoms with E-state index in [2.05, 4.69) is 15.1 Å². The van der Waals surface area contributed by atoms with E-state index in [-0.39, 0.29) is 16.5 Å². The molecule has 0 spiro atoms. The molecule has 0 aliphatic carbocycles. The quantitative estimate of drug-likeness (QED) is 0.560. The number of fused-ring (bicyclic) bond motifs is 1. The van der Waals surface area contributed by atoms with E-state index >= 15 is 0 Å². The molecule has 8 heteroatoms. The summed E-state index contributed by atoms with van der Waals surface area (Å²) in [5, 5.41) is 13.5. The molecule has 2 heterocycles. The number of aliphatic carboxylic acids is 1. The normalized spacial score (nSPS) is 11.0. The number of carboxylic acid groups (broad SMARTS) is 1. The molecule has 0 amide bonds. The van der Waals surface area contributed by atoms with Crippen molar-refractivity contribution in [3.05, 3.63) is 46.4 Å². The highest BCUT2D eigenvalue weighted by molar-refractivity contribution is 7.99. The average molecular weight is 316 g/mol. The van der Waals surface area contributed by atoms with Crippen molar-refractivity contribution in [1.82, 2.24) is 19.7 Å². The molecular weight excluding hydrogens is 304 g/mol. The molecule has 1 aromatic carbocycles. The summed E-state index contributed by atoms with van der Waals surface area (Å²) in [6.07, 6.45) is 1.45. The predicted octanol–water partition coefficient (Wildman–Crippen LogP) is 1.59. The summed E-state index contributed by atoms with van der Waals surface area (Å²) < 4.78 is 1.56. The fourth-order valence-electron chi connectivity index (χ4n) is 1.97. The maximum Gasteiger partial charge on any atom is 0.313 e. The van der Waals surface area contributed by atoms with Gasteiger partial charge in [-0.25, -0.2) is 9.67 Å². The molecule has 112 valence electrons. The van der Waals surface area contributed by atoms with E-state index in [1.54, 1.807) is 4.68 Å². The van der Waals surface area contributed by atoms with Crippen LogP contribution in [0.1, 0.15) is 5.56 Å². The van der Waals surface area contributed by atoms with Gasteiger partial charge in [0.2, 0.25) is 0 Å². The minimum atomic E-state index is -0.972. The number of rotatable bonds is 4. The van der Waals surface area contributed by atoms with Crippen molar-refractivity contribution in [2.45, 2.75) is 12.1 Å². The first-order chi connectivity index (χ1) is 10.5. The number of aromatic nitrogens is 4. The Bertz CT molecular complexity index is 899. The molecule has 0 aliphatic rings. The van der Waals surface area contributed by atoms with Crippen LogP contribution < -0.4 is 5.56 Å². The Morgan fingerprint density at radius 2 is 2.09 bits per heavy atom. The first-order valence-electron chi connectivity index (χ1n) is 6.44. The molecule has 0 atom stereocenters. The molecule has 0 saturated carbocycles. The Morgan fingerprint density at radius 3 is 2.77 bits per heavy atom. The second-order valence-corrected chi connectivity index (χ2v) is 5.65. The number of carboxylic acids is 1. The van der Waals surface area contributed by atoms with Crippen LogP contribution >= 0.6 is 11.8 Å². The first kappa shape index (κ1) is 14.3. The minimum Gasteiger partial charge on any atom is -0.481 e. The van der Waals surface area contributed by atoms with Crippen molar-refractivity contribution >= 4 is 28.8 Å². The third-order valence-electron chi connectivity index (χ3n) is 3.03. The average Bonchev–Trinajstić information content (AvgIpc) is 2.90. The third-order valence-corrected chi connectivity index (χ3v) is 3.89. The van der Waals surface area contributed by atoms with Gasteiger partial charge >= 0.3 is 5.97 Å². The third kappa shape index (κ3) is 2.73. The van der Waals surface area contributed by atoms with Gasteiger partial charge in [-0.3, -0.25) is 9.59 Å². The lowest BCUT2D eigenvalue weighted by atomic mass is 10.2. The molecule has 0 fully saturated rings. The zero-order valence-electron chi connectivity index (χ0n) is 11.6. The van der Waals surface area contributed by atoms with Crippen LogP contribution in [-0.4, -0.2) is 36.6 Å². The minimum absolute atomic E-state index is 0.173.